The molecule has 14 fully saturated rings. The normalized spacial score (nSPS) is 42.0. The van der Waals surface area contributed by atoms with E-state index in [1.807, 2.05) is 18.2 Å². The maximum Gasteiger partial charge on any atom is 2.00 e. The second-order valence-electron chi connectivity index (χ2n) is 29.5. The van der Waals surface area contributed by atoms with Crippen molar-refractivity contribution in [2.24, 2.45) is 71.0 Å². The third-order valence-corrected chi connectivity index (χ3v) is 25.7. The minimum Gasteiger partial charge on any atom is -0.744 e. The van der Waals surface area contributed by atoms with Gasteiger partial charge in [-0.15, -0.1) is 0 Å². The molecule has 2 saturated heterocycles. The average Bonchev–Trinajstić information content (AvgIpc) is 1.52. The summed E-state index contributed by atoms with van der Waals surface area (Å²) in [6.45, 7) is 0. The van der Waals surface area contributed by atoms with Crippen LogP contribution in [0.15, 0.2) is 113 Å². The van der Waals surface area contributed by atoms with E-state index in [4.69, 9.17) is 68.0 Å². The first kappa shape index (κ1) is 51.2. The van der Waals surface area contributed by atoms with Crippen LogP contribution in [0.3, 0.4) is 0 Å². The number of H-pyrrole nitrogens is 1. The van der Waals surface area contributed by atoms with Crippen LogP contribution in [-0.2, 0) is 48.5 Å². The Labute approximate surface area is 519 Å². The molecule has 25 rings (SSSR count). The SMILES string of the molecule is O=S(=O)([O-])c1ccc(OC2=CC3c4nc([nH]c5nc(nc6nc(nc7[n-]c(n4)c4cc8c(cc74)OC4(O8)C7CC8CC(C7)CC4C8)C4C=C7OC8(OC7=CC64)C4CC6CC(C4)CC8C6)C4C=C6OC7(OC6=CC54)C4CC5CC(C4)CC7C5)C3C=C2)cc1.[Zn+2]. The van der Waals surface area contributed by atoms with Crippen LogP contribution in [0, 0.1) is 71.0 Å². The monoisotopic (exact) mass is 1250 g/mol. The Hall–Kier alpha value is -6.63. The fourth-order valence-corrected chi connectivity index (χ4v) is 22.2. The molecule has 2 aromatic carbocycles. The van der Waals surface area contributed by atoms with Gasteiger partial charge in [-0.1, -0.05) is 6.08 Å². The molecule has 0 radical (unpaired) electrons. The molecule has 6 unspecified atom stereocenters. The molecule has 8 heterocycles. The second-order valence-corrected chi connectivity index (χ2v) is 30.9. The van der Waals surface area contributed by atoms with Gasteiger partial charge in [0.25, 0.3) is 17.4 Å². The van der Waals surface area contributed by atoms with Crippen LogP contribution in [0.5, 0.6) is 17.2 Å². The van der Waals surface area contributed by atoms with Crippen LogP contribution >= 0.6 is 0 Å². The summed E-state index contributed by atoms with van der Waals surface area (Å²) in [5.74, 6) is 11.1. The number of benzene rings is 2. The van der Waals surface area contributed by atoms with E-state index in [2.05, 4.69) is 41.4 Å². The number of ether oxygens (including phenoxy) is 7. The van der Waals surface area contributed by atoms with E-state index in [-0.39, 0.29) is 54.0 Å². The van der Waals surface area contributed by atoms with Gasteiger partial charge in [0.15, 0.2) is 34.5 Å². The summed E-state index contributed by atoms with van der Waals surface area (Å²) in [4.78, 5) is 41.8. The van der Waals surface area contributed by atoms with Crippen molar-refractivity contribution >= 4 is 32.2 Å². The Kier molecular flexibility index (Phi) is 10.0. The topological polar surface area (TPSA) is 229 Å². The van der Waals surface area contributed by atoms with Gasteiger partial charge in [0, 0.05) is 64.6 Å². The summed E-state index contributed by atoms with van der Waals surface area (Å²) in [5.41, 5.74) is 0.878. The summed E-state index contributed by atoms with van der Waals surface area (Å²) in [5, 5.41) is 1.51. The first-order valence-electron chi connectivity index (χ1n) is 32.4. The summed E-state index contributed by atoms with van der Waals surface area (Å²) in [6, 6.07) is 9.59. The molecule has 3 spiro atoms. The zero-order valence-electron chi connectivity index (χ0n) is 48.3. The van der Waals surface area contributed by atoms with Gasteiger partial charge in [0.1, 0.15) is 44.9 Å². The smallest absolute Gasteiger partial charge is 0.744 e. The van der Waals surface area contributed by atoms with Crippen LogP contribution < -0.4 is 19.2 Å². The van der Waals surface area contributed by atoms with Crippen molar-refractivity contribution in [1.82, 2.24) is 39.9 Å². The molecule has 0 amide bonds. The van der Waals surface area contributed by atoms with Crippen molar-refractivity contribution in [1.29, 1.82) is 0 Å². The van der Waals surface area contributed by atoms with Crippen molar-refractivity contribution in [3.8, 4) is 17.2 Å². The average molecular weight is 1250 g/mol. The van der Waals surface area contributed by atoms with Gasteiger partial charge in [-0.05, 0) is 215 Å². The van der Waals surface area contributed by atoms with Gasteiger partial charge in [-0.3, -0.25) is 0 Å². The first-order chi connectivity index (χ1) is 42.4. The van der Waals surface area contributed by atoms with Crippen molar-refractivity contribution in [2.45, 2.75) is 154 Å². The largest absolute Gasteiger partial charge is 2.00 e. The molecular formula is C68H62N8O10SZn. The molecule has 18 nitrogen and oxygen atoms in total. The number of allylic oxidation sites excluding steroid dienone is 7. The van der Waals surface area contributed by atoms with E-state index in [1.165, 1.54) is 43.5 Å². The molecule has 4 aromatic rings. The van der Waals surface area contributed by atoms with Crippen LogP contribution in [0.1, 0.15) is 167 Å². The molecule has 88 heavy (non-hydrogen) atoms. The van der Waals surface area contributed by atoms with E-state index >= 15 is 0 Å². The number of hydrogen-bond acceptors (Lipinski definition) is 16. The maximum absolute atomic E-state index is 11.9. The molecule has 12 saturated carbocycles. The Morgan fingerprint density at radius 3 is 1.30 bits per heavy atom. The van der Waals surface area contributed by atoms with Crippen LogP contribution in [0.4, 0.5) is 0 Å². The van der Waals surface area contributed by atoms with Crippen molar-refractivity contribution in [3.05, 3.63) is 143 Å². The van der Waals surface area contributed by atoms with Gasteiger partial charge in [-0.2, -0.15) is 0 Å². The van der Waals surface area contributed by atoms with E-state index in [0.29, 0.717) is 105 Å². The van der Waals surface area contributed by atoms with E-state index < -0.39 is 33.4 Å². The number of aromatic nitrogens is 8. The first-order valence-corrected chi connectivity index (χ1v) is 33.9. The van der Waals surface area contributed by atoms with Crippen molar-refractivity contribution in [2.75, 3.05) is 0 Å². The predicted molar refractivity (Wildman–Crippen MR) is 306 cm³/mol. The Morgan fingerprint density at radius 2 is 0.841 bits per heavy atom. The summed E-state index contributed by atoms with van der Waals surface area (Å²) >= 11 is 0. The van der Waals surface area contributed by atoms with Gasteiger partial charge in [0.2, 0.25) is 0 Å². The van der Waals surface area contributed by atoms with Gasteiger partial charge < -0.3 is 57.6 Å². The molecule has 6 aliphatic heterocycles. The fourth-order valence-electron chi connectivity index (χ4n) is 21.7. The number of hydrogen-bond donors (Lipinski definition) is 1. The predicted octanol–water partition coefficient (Wildman–Crippen LogP) is 11.3. The molecule has 15 aliphatic carbocycles. The summed E-state index contributed by atoms with van der Waals surface area (Å²) < 4.78 is 85.3. The molecule has 442 valence electrons. The number of nitrogens with zero attached hydrogens (tertiary/aromatic N) is 7. The third kappa shape index (κ3) is 6.98. The van der Waals surface area contributed by atoms with Gasteiger partial charge >= 0.3 is 19.5 Å². The van der Waals surface area contributed by atoms with Crippen LogP contribution in [-0.4, -0.2) is 65.2 Å². The van der Waals surface area contributed by atoms with E-state index in [0.717, 1.165) is 146 Å². The molecular weight excluding hydrogens is 1190 g/mol. The van der Waals surface area contributed by atoms with Crippen LogP contribution in [0.25, 0.3) is 22.1 Å². The van der Waals surface area contributed by atoms with Gasteiger partial charge in [0.05, 0.1) is 34.3 Å². The second kappa shape index (κ2) is 17.2. The van der Waals surface area contributed by atoms with E-state index in [9.17, 15) is 13.0 Å². The maximum atomic E-state index is 11.9. The van der Waals surface area contributed by atoms with Crippen LogP contribution in [0.2, 0.25) is 0 Å². The van der Waals surface area contributed by atoms with Gasteiger partial charge in [-0.25, -0.2) is 28.4 Å². The zero-order valence-corrected chi connectivity index (χ0v) is 52.1. The molecule has 20 bridgehead atoms. The minimum atomic E-state index is -4.65. The minimum absolute atomic E-state index is 0. The molecule has 21 aliphatic rings. The molecule has 2 aromatic heterocycles. The Bertz CT molecular complexity index is 4310. The zero-order chi connectivity index (χ0) is 56.8. The molecule has 1 N–H and O–H groups in total. The number of fused-ring (bicyclic) bond motifs is 23. The Balaban J connectivity index is 0.00000530. The fraction of sp³-hybridized carbons (Fsp3) is 0.529. The molecule has 20 heteroatoms. The standard InChI is InChI=1S/C68H63N8O10S.Zn/c77-87(78,79)43-4-1-41(2-5-43)80-42-3-6-44-45(22-42)59-69-58(44)70-60-46-23-52-53(82-66(81-52)35-10-29-7-30(12-35)13-36(66)11-29)24-47(46)62(72-60)74-64-50-27-56-57(86-68(85-56)39-18-33-9-34(20-39)21-40(68)19-33)28-51(50)65(76-64)75-63-49-26-55-54(25-48(49)61(71-59)73-63)83-67(84-55)37-14-31-8-32(16-37)17-38(67)15-31;/h1-6,22-40,44-47,50-51H,7-21H2,(H,77,78,79)(H,69,70,71,72,74,75,76);/q-1;+2/p-1. The number of aromatic amines is 1. The number of rotatable bonds is 3. The van der Waals surface area contributed by atoms with Crippen molar-refractivity contribution < 1.29 is 65.6 Å². The third-order valence-electron chi connectivity index (χ3n) is 24.8. The number of nitrogens with one attached hydrogen (secondary N) is 1. The van der Waals surface area contributed by atoms with Crippen molar-refractivity contribution in [3.63, 3.8) is 0 Å². The molecule has 6 atom stereocenters. The Morgan fingerprint density at radius 1 is 0.466 bits per heavy atom. The summed E-state index contributed by atoms with van der Waals surface area (Å²) in [6.07, 6.45) is 32.3. The van der Waals surface area contributed by atoms with E-state index in [1.54, 1.807) is 0 Å². The summed E-state index contributed by atoms with van der Waals surface area (Å²) in [7, 11) is -4.65. The quantitative estimate of drug-likeness (QED) is 0.148.